The Morgan fingerprint density at radius 1 is 1.11 bits per heavy atom. The molecule has 0 bridgehead atoms. The van der Waals surface area contributed by atoms with Crippen molar-refractivity contribution in [2.75, 3.05) is 0 Å². The van der Waals surface area contributed by atoms with Gasteiger partial charge in [-0.3, -0.25) is 0 Å². The van der Waals surface area contributed by atoms with Gasteiger partial charge in [0.15, 0.2) is 0 Å². The second kappa shape index (κ2) is 4.24. The second-order valence-corrected chi connectivity index (χ2v) is 7.01. The molecule has 2 fully saturated rings. The van der Waals surface area contributed by atoms with Gasteiger partial charge in [0, 0.05) is 5.02 Å². The standard InChI is InChI=1S/C15H20BClO2/c1-14(2)15(3,4)19-16(18-14)11-6-5-7-12(17)13(11)10-8-9-10/h5-7,10H,8-9H2,1-4H3. The monoisotopic (exact) mass is 278 g/mol. The van der Waals surface area contributed by atoms with Crippen molar-refractivity contribution < 1.29 is 9.31 Å². The highest BCUT2D eigenvalue weighted by atomic mass is 35.5. The van der Waals surface area contributed by atoms with Gasteiger partial charge < -0.3 is 9.31 Å². The lowest BCUT2D eigenvalue weighted by Gasteiger charge is -2.32. The number of benzene rings is 1. The first-order chi connectivity index (χ1) is 8.82. The van der Waals surface area contributed by atoms with Gasteiger partial charge in [-0.15, -0.1) is 0 Å². The average molecular weight is 279 g/mol. The third kappa shape index (κ3) is 2.22. The summed E-state index contributed by atoms with van der Waals surface area (Å²) < 4.78 is 12.3. The molecule has 1 saturated heterocycles. The van der Waals surface area contributed by atoms with Crippen molar-refractivity contribution in [1.29, 1.82) is 0 Å². The van der Waals surface area contributed by atoms with Gasteiger partial charge in [-0.2, -0.15) is 0 Å². The van der Waals surface area contributed by atoms with Crippen LogP contribution in [0.4, 0.5) is 0 Å². The minimum atomic E-state index is -0.306. The van der Waals surface area contributed by atoms with Crippen molar-refractivity contribution >= 4 is 24.2 Å². The van der Waals surface area contributed by atoms with E-state index in [2.05, 4.69) is 33.8 Å². The third-order valence-electron chi connectivity index (χ3n) is 4.58. The molecule has 0 radical (unpaired) electrons. The molecule has 0 atom stereocenters. The molecule has 0 aromatic heterocycles. The highest BCUT2D eigenvalue weighted by Gasteiger charge is 2.52. The zero-order valence-corrected chi connectivity index (χ0v) is 12.8. The van der Waals surface area contributed by atoms with Crippen LogP contribution in [0.15, 0.2) is 18.2 Å². The van der Waals surface area contributed by atoms with Crippen molar-refractivity contribution in [2.45, 2.75) is 57.7 Å². The molecule has 102 valence electrons. The Morgan fingerprint density at radius 2 is 1.68 bits per heavy atom. The Bertz CT molecular complexity index is 493. The fraction of sp³-hybridized carbons (Fsp3) is 0.600. The Kier molecular flexibility index (Phi) is 3.01. The van der Waals surface area contributed by atoms with Crippen LogP contribution in [0.25, 0.3) is 0 Å². The van der Waals surface area contributed by atoms with E-state index in [0.29, 0.717) is 5.92 Å². The quantitative estimate of drug-likeness (QED) is 0.771. The SMILES string of the molecule is CC1(C)OB(c2cccc(Cl)c2C2CC2)OC1(C)C. The molecule has 0 amide bonds. The van der Waals surface area contributed by atoms with Gasteiger partial charge in [0.25, 0.3) is 0 Å². The number of halogens is 1. The summed E-state index contributed by atoms with van der Waals surface area (Å²) in [4.78, 5) is 0. The highest BCUT2D eigenvalue weighted by molar-refractivity contribution is 6.63. The predicted octanol–water partition coefficient (Wildman–Crippen LogP) is 3.52. The van der Waals surface area contributed by atoms with Crippen molar-refractivity contribution in [2.24, 2.45) is 0 Å². The van der Waals surface area contributed by atoms with Gasteiger partial charge in [0.1, 0.15) is 0 Å². The molecule has 3 rings (SSSR count). The fourth-order valence-electron chi connectivity index (χ4n) is 2.53. The van der Waals surface area contributed by atoms with Crippen LogP contribution in [0, 0.1) is 0 Å². The van der Waals surface area contributed by atoms with Gasteiger partial charge >= 0.3 is 7.12 Å². The summed E-state index contributed by atoms with van der Waals surface area (Å²) in [5, 5.41) is 0.842. The smallest absolute Gasteiger partial charge is 0.399 e. The molecule has 0 spiro atoms. The van der Waals surface area contributed by atoms with Crippen LogP contribution >= 0.6 is 11.6 Å². The van der Waals surface area contributed by atoms with Crippen LogP contribution in [0.1, 0.15) is 52.0 Å². The molecule has 1 saturated carbocycles. The first-order valence-corrected chi connectivity index (χ1v) is 7.33. The molecule has 0 N–H and O–H groups in total. The van der Waals surface area contributed by atoms with Crippen LogP contribution in [-0.2, 0) is 9.31 Å². The second-order valence-electron chi connectivity index (χ2n) is 6.61. The van der Waals surface area contributed by atoms with Crippen LogP contribution in [-0.4, -0.2) is 18.3 Å². The van der Waals surface area contributed by atoms with Crippen molar-refractivity contribution in [3.63, 3.8) is 0 Å². The molecular formula is C15H20BClO2. The molecule has 1 heterocycles. The molecular weight excluding hydrogens is 258 g/mol. The predicted molar refractivity (Wildman–Crippen MR) is 79.1 cm³/mol. The van der Waals surface area contributed by atoms with Crippen LogP contribution in [0.5, 0.6) is 0 Å². The molecule has 1 aliphatic heterocycles. The number of hydrogen-bond donors (Lipinski definition) is 0. The first kappa shape index (κ1) is 13.5. The molecule has 1 aromatic carbocycles. The van der Waals surface area contributed by atoms with Crippen molar-refractivity contribution in [3.05, 3.63) is 28.8 Å². The number of hydrogen-bond acceptors (Lipinski definition) is 2. The first-order valence-electron chi connectivity index (χ1n) is 6.96. The molecule has 0 unspecified atom stereocenters. The summed E-state index contributed by atoms with van der Waals surface area (Å²) in [7, 11) is -0.306. The van der Waals surface area contributed by atoms with E-state index in [4.69, 9.17) is 20.9 Å². The maximum Gasteiger partial charge on any atom is 0.495 e. The summed E-state index contributed by atoms with van der Waals surface area (Å²) in [5.41, 5.74) is 1.72. The van der Waals surface area contributed by atoms with E-state index in [1.54, 1.807) is 0 Å². The van der Waals surface area contributed by atoms with E-state index in [1.807, 2.05) is 12.1 Å². The summed E-state index contributed by atoms with van der Waals surface area (Å²) >= 11 is 6.37. The minimum absolute atomic E-state index is 0.305. The van der Waals surface area contributed by atoms with Crippen LogP contribution in [0.2, 0.25) is 5.02 Å². The van der Waals surface area contributed by atoms with Crippen LogP contribution in [0.3, 0.4) is 0 Å². The van der Waals surface area contributed by atoms with Gasteiger partial charge in [0.2, 0.25) is 0 Å². The molecule has 1 aliphatic carbocycles. The van der Waals surface area contributed by atoms with E-state index < -0.39 is 0 Å². The van der Waals surface area contributed by atoms with Crippen molar-refractivity contribution in [3.8, 4) is 0 Å². The van der Waals surface area contributed by atoms with Gasteiger partial charge in [-0.1, -0.05) is 23.7 Å². The Balaban J connectivity index is 1.98. The summed E-state index contributed by atoms with van der Waals surface area (Å²) in [6.45, 7) is 8.31. The number of rotatable bonds is 2. The third-order valence-corrected chi connectivity index (χ3v) is 4.91. The maximum atomic E-state index is 6.37. The lowest BCUT2D eigenvalue weighted by atomic mass is 9.75. The fourth-order valence-corrected chi connectivity index (χ4v) is 2.87. The molecule has 4 heteroatoms. The van der Waals surface area contributed by atoms with Gasteiger partial charge in [-0.25, -0.2) is 0 Å². The normalized spacial score (nSPS) is 24.8. The Morgan fingerprint density at radius 3 is 2.21 bits per heavy atom. The molecule has 1 aromatic rings. The van der Waals surface area contributed by atoms with Crippen LogP contribution < -0.4 is 5.46 Å². The largest absolute Gasteiger partial charge is 0.495 e. The Labute approximate surface area is 120 Å². The Hall–Kier alpha value is -0.505. The maximum absolute atomic E-state index is 6.37. The van der Waals surface area contributed by atoms with Gasteiger partial charge in [-0.05, 0) is 63.5 Å². The van der Waals surface area contributed by atoms with Crippen molar-refractivity contribution in [1.82, 2.24) is 0 Å². The lowest BCUT2D eigenvalue weighted by Crippen LogP contribution is -2.41. The zero-order valence-electron chi connectivity index (χ0n) is 12.0. The van der Waals surface area contributed by atoms with E-state index >= 15 is 0 Å². The summed E-state index contributed by atoms with van der Waals surface area (Å²) in [6.07, 6.45) is 2.44. The summed E-state index contributed by atoms with van der Waals surface area (Å²) in [5.74, 6) is 0.586. The molecule has 2 nitrogen and oxygen atoms in total. The minimum Gasteiger partial charge on any atom is -0.399 e. The molecule has 19 heavy (non-hydrogen) atoms. The average Bonchev–Trinajstić information content (AvgIpc) is 3.07. The lowest BCUT2D eigenvalue weighted by molar-refractivity contribution is 0.00578. The van der Waals surface area contributed by atoms with E-state index in [-0.39, 0.29) is 18.3 Å². The topological polar surface area (TPSA) is 18.5 Å². The van der Waals surface area contributed by atoms with E-state index in [1.165, 1.54) is 18.4 Å². The summed E-state index contributed by atoms with van der Waals surface area (Å²) in [6, 6.07) is 6.03. The zero-order chi connectivity index (χ0) is 13.8. The molecule has 2 aliphatic rings. The highest BCUT2D eigenvalue weighted by Crippen LogP contribution is 2.44. The van der Waals surface area contributed by atoms with E-state index in [0.717, 1.165) is 10.5 Å². The van der Waals surface area contributed by atoms with Gasteiger partial charge in [0.05, 0.1) is 11.2 Å². The van der Waals surface area contributed by atoms with E-state index in [9.17, 15) is 0 Å².